The van der Waals surface area contributed by atoms with Gasteiger partial charge in [-0.25, -0.2) is 9.78 Å². The molecule has 0 bridgehead atoms. The Labute approximate surface area is 180 Å². The van der Waals surface area contributed by atoms with Crippen LogP contribution in [0.4, 0.5) is 10.5 Å². The highest BCUT2D eigenvalue weighted by Gasteiger charge is 2.21. The van der Waals surface area contributed by atoms with Gasteiger partial charge >= 0.3 is 6.03 Å². The average Bonchev–Trinajstić information content (AvgIpc) is 3.11. The average molecular weight is 441 g/mol. The van der Waals surface area contributed by atoms with Gasteiger partial charge in [-0.3, -0.25) is 4.79 Å². The van der Waals surface area contributed by atoms with Gasteiger partial charge in [0, 0.05) is 13.1 Å². The molecular formula is C20H26Cl2N4O3. The lowest BCUT2D eigenvalue weighted by Gasteiger charge is -2.24. The van der Waals surface area contributed by atoms with Gasteiger partial charge in [0.05, 0.1) is 22.3 Å². The number of carbonyl (C=O) groups excluding carboxylic acids is 2. The molecule has 29 heavy (non-hydrogen) atoms. The first-order valence-electron chi connectivity index (χ1n) is 9.40. The fourth-order valence-electron chi connectivity index (χ4n) is 2.49. The van der Waals surface area contributed by atoms with Crippen LogP contribution in [0.25, 0.3) is 0 Å². The third-order valence-corrected chi connectivity index (χ3v) is 4.67. The lowest BCUT2D eigenvalue weighted by Crippen LogP contribution is -2.37. The van der Waals surface area contributed by atoms with Crippen molar-refractivity contribution in [2.24, 2.45) is 11.8 Å². The number of urea groups is 1. The van der Waals surface area contributed by atoms with Gasteiger partial charge < -0.3 is 20.0 Å². The monoisotopic (exact) mass is 440 g/mol. The van der Waals surface area contributed by atoms with Gasteiger partial charge in [0.2, 0.25) is 5.89 Å². The number of amides is 3. The van der Waals surface area contributed by atoms with Crippen molar-refractivity contribution in [1.82, 2.24) is 15.2 Å². The number of hydrogen-bond acceptors (Lipinski definition) is 4. The Bertz CT molecular complexity index is 852. The smallest absolute Gasteiger partial charge is 0.322 e. The number of nitrogens with zero attached hydrogens (tertiary/aromatic N) is 2. The maximum absolute atomic E-state index is 12.8. The second kappa shape index (κ2) is 10.5. The number of carbonyl (C=O) groups is 2. The Balaban J connectivity index is 2.09. The molecule has 0 aliphatic carbocycles. The van der Waals surface area contributed by atoms with Gasteiger partial charge in [0.25, 0.3) is 5.91 Å². The second-order valence-corrected chi connectivity index (χ2v) is 8.32. The van der Waals surface area contributed by atoms with E-state index in [-0.39, 0.29) is 41.0 Å². The fourth-order valence-corrected chi connectivity index (χ4v) is 2.84. The third kappa shape index (κ3) is 6.94. The van der Waals surface area contributed by atoms with E-state index in [9.17, 15) is 9.59 Å². The predicted molar refractivity (Wildman–Crippen MR) is 114 cm³/mol. The molecule has 9 heteroatoms. The van der Waals surface area contributed by atoms with Gasteiger partial charge in [-0.1, -0.05) is 57.0 Å². The molecule has 158 valence electrons. The topological polar surface area (TPSA) is 87.5 Å². The van der Waals surface area contributed by atoms with Crippen molar-refractivity contribution in [2.75, 3.05) is 18.4 Å². The van der Waals surface area contributed by atoms with Crippen molar-refractivity contribution in [3.8, 4) is 0 Å². The molecular weight excluding hydrogens is 415 g/mol. The van der Waals surface area contributed by atoms with E-state index in [1.165, 1.54) is 6.26 Å². The maximum atomic E-state index is 12.8. The van der Waals surface area contributed by atoms with Crippen LogP contribution < -0.4 is 10.6 Å². The van der Waals surface area contributed by atoms with Gasteiger partial charge in [-0.15, -0.1) is 0 Å². The number of hydrogen-bond donors (Lipinski definition) is 2. The molecule has 0 fully saturated rings. The first-order valence-corrected chi connectivity index (χ1v) is 10.2. The van der Waals surface area contributed by atoms with Crippen molar-refractivity contribution in [3.05, 3.63) is 46.1 Å². The minimum absolute atomic E-state index is 0.111. The van der Waals surface area contributed by atoms with Crippen molar-refractivity contribution in [2.45, 2.75) is 34.2 Å². The highest BCUT2D eigenvalue weighted by Crippen LogP contribution is 2.29. The zero-order valence-electron chi connectivity index (χ0n) is 17.0. The summed E-state index contributed by atoms with van der Waals surface area (Å²) in [6.07, 6.45) is 1.30. The fraction of sp³-hybridized carbons (Fsp3) is 0.450. The minimum atomic E-state index is -0.369. The molecule has 2 N–H and O–H groups in total. The molecule has 0 atom stereocenters. The van der Waals surface area contributed by atoms with Crippen molar-refractivity contribution >= 4 is 40.8 Å². The van der Waals surface area contributed by atoms with E-state index in [0.29, 0.717) is 29.7 Å². The molecule has 1 aromatic heterocycles. The molecule has 0 saturated carbocycles. The Morgan fingerprint density at radius 3 is 2.55 bits per heavy atom. The Morgan fingerprint density at radius 2 is 1.90 bits per heavy atom. The highest BCUT2D eigenvalue weighted by molar-refractivity contribution is 6.43. The van der Waals surface area contributed by atoms with Crippen LogP contribution in [0, 0.1) is 11.8 Å². The first kappa shape index (κ1) is 23.0. The molecule has 1 aromatic carbocycles. The van der Waals surface area contributed by atoms with Gasteiger partial charge in [0.1, 0.15) is 6.26 Å². The summed E-state index contributed by atoms with van der Waals surface area (Å²) in [6.45, 7) is 9.11. The number of halogens is 2. The Hall–Kier alpha value is -2.25. The van der Waals surface area contributed by atoms with Crippen LogP contribution in [0.1, 0.15) is 44.1 Å². The van der Waals surface area contributed by atoms with Crippen LogP contribution in [-0.4, -0.2) is 34.9 Å². The van der Waals surface area contributed by atoms with Crippen LogP contribution >= 0.6 is 23.2 Å². The first-order chi connectivity index (χ1) is 13.7. The molecule has 0 spiro atoms. The molecule has 2 rings (SSSR count). The Kier molecular flexibility index (Phi) is 8.34. The number of aromatic nitrogens is 1. The molecule has 7 nitrogen and oxygen atoms in total. The number of oxazole rings is 1. The molecule has 0 unspecified atom stereocenters. The highest BCUT2D eigenvalue weighted by atomic mass is 35.5. The van der Waals surface area contributed by atoms with E-state index in [1.807, 2.05) is 27.7 Å². The zero-order valence-corrected chi connectivity index (χ0v) is 18.5. The number of rotatable bonds is 8. The Morgan fingerprint density at radius 1 is 1.17 bits per heavy atom. The van der Waals surface area contributed by atoms with E-state index in [0.717, 1.165) is 0 Å². The zero-order chi connectivity index (χ0) is 21.6. The van der Waals surface area contributed by atoms with Gasteiger partial charge in [-0.05, 0) is 24.0 Å². The summed E-state index contributed by atoms with van der Waals surface area (Å²) < 4.78 is 5.41. The number of anilines is 1. The maximum Gasteiger partial charge on any atom is 0.322 e. The molecule has 0 radical (unpaired) electrons. The van der Waals surface area contributed by atoms with Crippen molar-refractivity contribution in [3.63, 3.8) is 0 Å². The third-order valence-electron chi connectivity index (χ3n) is 3.85. The summed E-state index contributed by atoms with van der Waals surface area (Å²) in [5.74, 6) is 0.500. The normalized spacial score (nSPS) is 11.0. The van der Waals surface area contributed by atoms with Crippen LogP contribution in [0.15, 0.2) is 28.9 Å². The van der Waals surface area contributed by atoms with Crippen molar-refractivity contribution < 1.29 is 14.0 Å². The summed E-state index contributed by atoms with van der Waals surface area (Å²) in [5.41, 5.74) is 0.600. The number of nitrogens with one attached hydrogen (secondary N) is 2. The second-order valence-electron chi connectivity index (χ2n) is 7.54. The van der Waals surface area contributed by atoms with Crippen LogP contribution in [0.3, 0.4) is 0 Å². The van der Waals surface area contributed by atoms with E-state index in [1.54, 1.807) is 23.1 Å². The summed E-state index contributed by atoms with van der Waals surface area (Å²) in [5, 5.41) is 6.17. The summed E-state index contributed by atoms with van der Waals surface area (Å²) in [6, 6.07) is 4.64. The van der Waals surface area contributed by atoms with Gasteiger partial charge in [0.15, 0.2) is 5.69 Å². The molecule has 1 heterocycles. The van der Waals surface area contributed by atoms with Crippen LogP contribution in [0.2, 0.25) is 10.0 Å². The molecule has 2 aromatic rings. The standard InChI is InChI=1S/C20H26Cl2N4O3/c1-12(2)8-23-19(27)16-11-29-17(24-16)10-26(9-13(3)4)20(28)25-15-7-5-6-14(21)18(15)22/h5-7,11-13H,8-10H2,1-4H3,(H,23,27)(H,25,28). The van der Waals surface area contributed by atoms with E-state index in [2.05, 4.69) is 15.6 Å². The van der Waals surface area contributed by atoms with Gasteiger partial charge in [-0.2, -0.15) is 0 Å². The predicted octanol–water partition coefficient (Wildman–Crippen LogP) is 5.06. The molecule has 0 aliphatic rings. The summed E-state index contributed by atoms with van der Waals surface area (Å²) in [7, 11) is 0. The van der Waals surface area contributed by atoms with E-state index < -0.39 is 0 Å². The lowest BCUT2D eigenvalue weighted by molar-refractivity contribution is 0.0944. The van der Waals surface area contributed by atoms with E-state index in [4.69, 9.17) is 27.6 Å². The number of benzene rings is 1. The molecule has 0 saturated heterocycles. The van der Waals surface area contributed by atoms with Crippen LogP contribution in [0.5, 0.6) is 0 Å². The summed E-state index contributed by atoms with van der Waals surface area (Å²) in [4.78, 5) is 30.7. The SMILES string of the molecule is CC(C)CNC(=O)c1coc(CN(CC(C)C)C(=O)Nc2cccc(Cl)c2Cl)n1. The largest absolute Gasteiger partial charge is 0.446 e. The van der Waals surface area contributed by atoms with Crippen LogP contribution in [-0.2, 0) is 6.54 Å². The minimum Gasteiger partial charge on any atom is -0.446 e. The van der Waals surface area contributed by atoms with E-state index >= 15 is 0 Å². The van der Waals surface area contributed by atoms with Crippen molar-refractivity contribution in [1.29, 1.82) is 0 Å². The lowest BCUT2D eigenvalue weighted by atomic mass is 10.2. The summed E-state index contributed by atoms with van der Waals surface area (Å²) >= 11 is 12.2. The molecule has 0 aliphatic heterocycles. The molecule has 3 amide bonds. The quantitative estimate of drug-likeness (QED) is 0.600.